The van der Waals surface area contributed by atoms with E-state index >= 15 is 0 Å². The highest BCUT2D eigenvalue weighted by Gasteiger charge is 2.15. The monoisotopic (exact) mass is 244 g/mol. The van der Waals surface area contributed by atoms with Gasteiger partial charge in [-0.15, -0.1) is 0 Å². The number of carbonyl (C=O) groups is 1. The van der Waals surface area contributed by atoms with Gasteiger partial charge < -0.3 is 21.1 Å². The lowest BCUT2D eigenvalue weighted by Crippen LogP contribution is -2.38. The van der Waals surface area contributed by atoms with E-state index in [-0.39, 0.29) is 6.04 Å². The summed E-state index contributed by atoms with van der Waals surface area (Å²) >= 11 is 0. The zero-order valence-corrected chi connectivity index (χ0v) is 11.3. The number of alkyl carbamates (subject to hydrolysis) is 1. The second-order valence-electron chi connectivity index (χ2n) is 4.99. The molecule has 0 spiro atoms. The molecule has 0 aromatic carbocycles. The predicted octanol–water partition coefficient (Wildman–Crippen LogP) is 0.824. The first-order valence-corrected chi connectivity index (χ1v) is 5.74. The van der Waals surface area contributed by atoms with Crippen LogP contribution < -0.4 is 16.4 Å². The van der Waals surface area contributed by atoms with Crippen LogP contribution in [0, 0.1) is 0 Å². The Labute approximate surface area is 103 Å². The highest BCUT2D eigenvalue weighted by molar-refractivity contribution is 5.78. The fourth-order valence-electron chi connectivity index (χ4n) is 0.990. The number of amides is 1. The Morgan fingerprint density at radius 3 is 2.47 bits per heavy atom. The summed E-state index contributed by atoms with van der Waals surface area (Å²) in [7, 11) is 0. The zero-order valence-electron chi connectivity index (χ0n) is 11.3. The van der Waals surface area contributed by atoms with Crippen molar-refractivity contribution in [2.45, 2.75) is 46.3 Å². The van der Waals surface area contributed by atoms with Crippen LogP contribution in [0.3, 0.4) is 0 Å². The summed E-state index contributed by atoms with van der Waals surface area (Å²) in [5, 5.41) is 5.55. The quantitative estimate of drug-likeness (QED) is 0.388. The van der Waals surface area contributed by atoms with E-state index in [2.05, 4.69) is 15.6 Å². The van der Waals surface area contributed by atoms with Gasteiger partial charge in [-0.1, -0.05) is 0 Å². The van der Waals surface area contributed by atoms with E-state index < -0.39 is 11.7 Å². The predicted molar refractivity (Wildman–Crippen MR) is 69.0 cm³/mol. The van der Waals surface area contributed by atoms with Crippen LogP contribution in [0.4, 0.5) is 4.79 Å². The second-order valence-corrected chi connectivity index (χ2v) is 4.99. The van der Waals surface area contributed by atoms with Crippen molar-refractivity contribution in [2.75, 3.05) is 13.1 Å². The molecule has 0 rings (SSSR count). The molecule has 6 heteroatoms. The molecule has 4 N–H and O–H groups in total. The molecule has 0 aromatic rings. The van der Waals surface area contributed by atoms with E-state index in [1.165, 1.54) is 0 Å². The van der Waals surface area contributed by atoms with Gasteiger partial charge in [-0.3, -0.25) is 4.99 Å². The summed E-state index contributed by atoms with van der Waals surface area (Å²) in [6, 6.07) is 0.248. The maximum absolute atomic E-state index is 11.3. The standard InChI is InChI=1S/C11H24N4O2/c1-8(2)15-9(12)13-6-7-14-10(16)17-11(3,4)5/h8H,6-7H2,1-5H3,(H,14,16)(H3,12,13,15). The fourth-order valence-corrected chi connectivity index (χ4v) is 0.990. The van der Waals surface area contributed by atoms with Crippen LogP contribution in [-0.2, 0) is 4.74 Å². The maximum atomic E-state index is 11.3. The third-order valence-electron chi connectivity index (χ3n) is 1.50. The minimum absolute atomic E-state index is 0.248. The fraction of sp³-hybridized carbons (Fsp3) is 0.818. The van der Waals surface area contributed by atoms with Gasteiger partial charge in [0.15, 0.2) is 5.96 Å². The van der Waals surface area contributed by atoms with E-state index in [9.17, 15) is 4.79 Å². The van der Waals surface area contributed by atoms with Crippen LogP contribution in [0.25, 0.3) is 0 Å². The molecule has 0 aliphatic heterocycles. The van der Waals surface area contributed by atoms with Gasteiger partial charge in [0.1, 0.15) is 5.60 Å². The summed E-state index contributed by atoms with van der Waals surface area (Å²) < 4.78 is 5.06. The average molecular weight is 244 g/mol. The molecule has 0 heterocycles. The Morgan fingerprint density at radius 1 is 1.41 bits per heavy atom. The number of hydrogen-bond donors (Lipinski definition) is 3. The van der Waals surface area contributed by atoms with Crippen molar-refractivity contribution in [1.82, 2.24) is 10.6 Å². The maximum Gasteiger partial charge on any atom is 0.407 e. The van der Waals surface area contributed by atoms with Gasteiger partial charge in [0, 0.05) is 12.6 Å². The Hall–Kier alpha value is -1.46. The Bertz CT molecular complexity index is 269. The Balaban J connectivity index is 3.74. The van der Waals surface area contributed by atoms with Crippen molar-refractivity contribution in [3.8, 4) is 0 Å². The van der Waals surface area contributed by atoms with Crippen LogP contribution in [-0.4, -0.2) is 36.8 Å². The molecule has 0 atom stereocenters. The molecule has 0 fully saturated rings. The van der Waals surface area contributed by atoms with Crippen LogP contribution in [0.5, 0.6) is 0 Å². The summed E-state index contributed by atoms with van der Waals surface area (Å²) in [5.74, 6) is 0.381. The van der Waals surface area contributed by atoms with Crippen molar-refractivity contribution in [3.63, 3.8) is 0 Å². The lowest BCUT2D eigenvalue weighted by Gasteiger charge is -2.19. The van der Waals surface area contributed by atoms with E-state index in [0.29, 0.717) is 19.0 Å². The lowest BCUT2D eigenvalue weighted by molar-refractivity contribution is 0.0529. The van der Waals surface area contributed by atoms with Gasteiger partial charge in [-0.25, -0.2) is 4.79 Å². The van der Waals surface area contributed by atoms with Crippen molar-refractivity contribution >= 4 is 12.1 Å². The third-order valence-corrected chi connectivity index (χ3v) is 1.50. The number of hydrogen-bond acceptors (Lipinski definition) is 3. The number of nitrogens with zero attached hydrogens (tertiary/aromatic N) is 1. The van der Waals surface area contributed by atoms with Crippen molar-refractivity contribution in [1.29, 1.82) is 0 Å². The topological polar surface area (TPSA) is 88.7 Å². The number of guanidine groups is 1. The molecule has 17 heavy (non-hydrogen) atoms. The first-order chi connectivity index (χ1) is 7.70. The lowest BCUT2D eigenvalue weighted by atomic mass is 10.2. The Kier molecular flexibility index (Phi) is 6.38. The molecule has 100 valence electrons. The molecule has 1 amide bonds. The van der Waals surface area contributed by atoms with Gasteiger partial charge in [0.2, 0.25) is 0 Å². The normalized spacial score (nSPS) is 12.5. The molecule has 0 unspecified atom stereocenters. The number of nitrogens with one attached hydrogen (secondary N) is 2. The average Bonchev–Trinajstić information content (AvgIpc) is 2.08. The van der Waals surface area contributed by atoms with Crippen LogP contribution in [0.1, 0.15) is 34.6 Å². The zero-order chi connectivity index (χ0) is 13.5. The minimum Gasteiger partial charge on any atom is -0.444 e. The number of ether oxygens (including phenoxy) is 1. The molecule has 0 saturated carbocycles. The Morgan fingerprint density at radius 2 is 2.00 bits per heavy atom. The molecule has 6 nitrogen and oxygen atoms in total. The number of nitrogens with two attached hydrogens (primary N) is 1. The molecular formula is C11H24N4O2. The third kappa shape index (κ3) is 10.8. The smallest absolute Gasteiger partial charge is 0.407 e. The van der Waals surface area contributed by atoms with Gasteiger partial charge in [-0.2, -0.15) is 0 Å². The van der Waals surface area contributed by atoms with E-state index in [1.54, 1.807) is 0 Å². The highest BCUT2D eigenvalue weighted by Crippen LogP contribution is 2.05. The SMILES string of the molecule is CC(C)NC(N)=NCCNC(=O)OC(C)(C)C. The van der Waals surface area contributed by atoms with Crippen LogP contribution in [0.15, 0.2) is 4.99 Å². The van der Waals surface area contributed by atoms with Crippen molar-refractivity contribution in [3.05, 3.63) is 0 Å². The first-order valence-electron chi connectivity index (χ1n) is 5.74. The molecular weight excluding hydrogens is 220 g/mol. The molecule has 0 aliphatic rings. The van der Waals surface area contributed by atoms with Crippen LogP contribution >= 0.6 is 0 Å². The summed E-state index contributed by atoms with van der Waals surface area (Å²) in [6.07, 6.45) is -0.442. The van der Waals surface area contributed by atoms with Crippen molar-refractivity contribution in [2.24, 2.45) is 10.7 Å². The van der Waals surface area contributed by atoms with E-state index in [4.69, 9.17) is 10.5 Å². The molecule has 0 aromatic heterocycles. The summed E-state index contributed by atoms with van der Waals surface area (Å²) in [5.41, 5.74) is 5.11. The van der Waals surface area contributed by atoms with Crippen LogP contribution in [0.2, 0.25) is 0 Å². The van der Waals surface area contributed by atoms with Gasteiger partial charge >= 0.3 is 6.09 Å². The highest BCUT2D eigenvalue weighted by atomic mass is 16.6. The molecule has 0 aliphatic carbocycles. The first kappa shape index (κ1) is 15.5. The van der Waals surface area contributed by atoms with Gasteiger partial charge in [-0.05, 0) is 34.6 Å². The number of aliphatic imine (C=N–C) groups is 1. The second kappa shape index (κ2) is 6.98. The number of carbonyl (C=O) groups excluding carboxylic acids is 1. The number of rotatable bonds is 4. The summed E-state index contributed by atoms with van der Waals surface area (Å²) in [4.78, 5) is 15.3. The molecule has 0 radical (unpaired) electrons. The van der Waals surface area contributed by atoms with E-state index in [0.717, 1.165) is 0 Å². The van der Waals surface area contributed by atoms with Crippen molar-refractivity contribution < 1.29 is 9.53 Å². The van der Waals surface area contributed by atoms with Gasteiger partial charge in [0.05, 0.1) is 6.54 Å². The largest absolute Gasteiger partial charge is 0.444 e. The minimum atomic E-state index is -0.481. The van der Waals surface area contributed by atoms with Gasteiger partial charge in [0.25, 0.3) is 0 Å². The molecule has 0 bridgehead atoms. The van der Waals surface area contributed by atoms with E-state index in [1.807, 2.05) is 34.6 Å². The summed E-state index contributed by atoms with van der Waals surface area (Å²) in [6.45, 7) is 10.2. The molecule has 0 saturated heterocycles.